The number of benzene rings is 2. The lowest BCUT2D eigenvalue weighted by Crippen LogP contribution is -2.30. The van der Waals surface area contributed by atoms with Crippen molar-refractivity contribution in [3.63, 3.8) is 0 Å². The molecule has 0 atom stereocenters. The molecule has 0 unspecified atom stereocenters. The SMILES string of the molecule is COc1ccc(S(=O)(=O)Nc2nnc(-c3ccc(C)cc3)s2)cc1C(=O)NC(C)C. The molecule has 0 fully saturated rings. The fourth-order valence-electron chi connectivity index (χ4n) is 2.62. The van der Waals surface area contributed by atoms with E-state index >= 15 is 0 Å². The Hall–Kier alpha value is -2.98. The molecule has 8 nitrogen and oxygen atoms in total. The fourth-order valence-corrected chi connectivity index (χ4v) is 4.63. The van der Waals surface area contributed by atoms with Crippen LogP contribution in [0.15, 0.2) is 47.4 Å². The highest BCUT2D eigenvalue weighted by Crippen LogP contribution is 2.29. The van der Waals surface area contributed by atoms with Gasteiger partial charge in [0.2, 0.25) is 5.13 Å². The van der Waals surface area contributed by atoms with E-state index in [0.29, 0.717) is 5.01 Å². The quantitative estimate of drug-likeness (QED) is 0.575. The second kappa shape index (κ2) is 8.80. The summed E-state index contributed by atoms with van der Waals surface area (Å²) < 4.78 is 33.3. The van der Waals surface area contributed by atoms with Gasteiger partial charge in [-0.15, -0.1) is 10.2 Å². The Morgan fingerprint density at radius 2 is 1.80 bits per heavy atom. The molecule has 1 aromatic heterocycles. The van der Waals surface area contributed by atoms with Crippen LogP contribution in [-0.2, 0) is 10.0 Å². The Labute approximate surface area is 179 Å². The van der Waals surface area contributed by atoms with Crippen molar-refractivity contribution in [1.82, 2.24) is 15.5 Å². The first kappa shape index (κ1) is 21.7. The van der Waals surface area contributed by atoms with Crippen LogP contribution in [0.2, 0.25) is 0 Å². The molecular formula is C20H22N4O4S2. The van der Waals surface area contributed by atoms with Crippen molar-refractivity contribution < 1.29 is 17.9 Å². The van der Waals surface area contributed by atoms with Crippen LogP contribution in [0.4, 0.5) is 5.13 Å². The maximum atomic E-state index is 12.8. The highest BCUT2D eigenvalue weighted by molar-refractivity contribution is 7.93. The van der Waals surface area contributed by atoms with Gasteiger partial charge in [-0.1, -0.05) is 41.2 Å². The molecule has 0 saturated carbocycles. The van der Waals surface area contributed by atoms with Gasteiger partial charge in [-0.05, 0) is 39.0 Å². The van der Waals surface area contributed by atoms with Gasteiger partial charge in [-0.3, -0.25) is 9.52 Å². The van der Waals surface area contributed by atoms with Gasteiger partial charge in [0, 0.05) is 11.6 Å². The van der Waals surface area contributed by atoms with Crippen LogP contribution < -0.4 is 14.8 Å². The highest BCUT2D eigenvalue weighted by Gasteiger charge is 2.22. The summed E-state index contributed by atoms with van der Waals surface area (Å²) in [5, 5.41) is 11.5. The summed E-state index contributed by atoms with van der Waals surface area (Å²) in [5.41, 5.74) is 2.09. The van der Waals surface area contributed by atoms with E-state index in [1.165, 1.54) is 25.3 Å². The lowest BCUT2D eigenvalue weighted by Gasteiger charge is -2.13. The zero-order chi connectivity index (χ0) is 21.9. The summed E-state index contributed by atoms with van der Waals surface area (Å²) in [4.78, 5) is 12.4. The largest absolute Gasteiger partial charge is 0.496 e. The molecule has 0 radical (unpaired) electrons. The van der Waals surface area contributed by atoms with E-state index in [1.54, 1.807) is 0 Å². The predicted octanol–water partition coefficient (Wildman–Crippen LogP) is 3.46. The summed E-state index contributed by atoms with van der Waals surface area (Å²) in [7, 11) is -2.56. The van der Waals surface area contributed by atoms with Crippen LogP contribution >= 0.6 is 11.3 Å². The van der Waals surface area contributed by atoms with Crippen molar-refractivity contribution in [3.8, 4) is 16.3 Å². The van der Waals surface area contributed by atoms with Crippen molar-refractivity contribution in [3.05, 3.63) is 53.6 Å². The van der Waals surface area contributed by atoms with Crippen molar-refractivity contribution >= 4 is 32.4 Å². The summed E-state index contributed by atoms with van der Waals surface area (Å²) in [6.45, 7) is 5.61. The van der Waals surface area contributed by atoms with E-state index in [2.05, 4.69) is 20.2 Å². The van der Waals surface area contributed by atoms with Gasteiger partial charge in [0.15, 0.2) is 0 Å². The smallest absolute Gasteiger partial charge is 0.263 e. The monoisotopic (exact) mass is 446 g/mol. The number of hydrogen-bond donors (Lipinski definition) is 2. The molecule has 1 amide bonds. The normalized spacial score (nSPS) is 11.4. The molecule has 1 heterocycles. The Kier molecular flexibility index (Phi) is 6.37. The van der Waals surface area contributed by atoms with Gasteiger partial charge in [0.05, 0.1) is 17.6 Å². The number of carbonyl (C=O) groups excluding carboxylic acids is 1. The molecule has 0 aliphatic rings. The van der Waals surface area contributed by atoms with Gasteiger partial charge < -0.3 is 10.1 Å². The minimum absolute atomic E-state index is 0.0794. The van der Waals surface area contributed by atoms with Crippen molar-refractivity contribution in [2.45, 2.75) is 31.7 Å². The number of rotatable bonds is 7. The van der Waals surface area contributed by atoms with E-state index in [-0.39, 0.29) is 27.4 Å². The van der Waals surface area contributed by atoms with Crippen molar-refractivity contribution in [1.29, 1.82) is 0 Å². The molecular weight excluding hydrogens is 424 g/mol. The van der Waals surface area contributed by atoms with E-state index < -0.39 is 15.9 Å². The molecule has 3 aromatic rings. The average molecular weight is 447 g/mol. The Bertz CT molecular complexity index is 1160. The third-order valence-corrected chi connectivity index (χ3v) is 6.44. The number of carbonyl (C=O) groups is 1. The molecule has 0 saturated heterocycles. The van der Waals surface area contributed by atoms with Crippen LogP contribution in [0, 0.1) is 6.92 Å². The van der Waals surface area contributed by atoms with Crippen molar-refractivity contribution in [2.24, 2.45) is 0 Å². The number of hydrogen-bond acceptors (Lipinski definition) is 7. The molecule has 0 spiro atoms. The lowest BCUT2D eigenvalue weighted by atomic mass is 10.2. The van der Waals surface area contributed by atoms with Crippen LogP contribution in [0.1, 0.15) is 29.8 Å². The third-order valence-electron chi connectivity index (χ3n) is 4.09. The lowest BCUT2D eigenvalue weighted by molar-refractivity contribution is 0.0940. The summed E-state index contributed by atoms with van der Waals surface area (Å²) in [6.07, 6.45) is 0. The number of amides is 1. The standard InChI is InChI=1S/C20H22N4O4S2/c1-12(2)21-18(25)16-11-15(9-10-17(16)28-4)30(26,27)24-20-23-22-19(29-20)14-7-5-13(3)6-8-14/h5-12H,1-4H3,(H,21,25)(H,23,24). The van der Waals surface area contributed by atoms with Crippen LogP contribution in [0.3, 0.4) is 0 Å². The maximum absolute atomic E-state index is 12.8. The first-order chi connectivity index (χ1) is 14.2. The molecule has 2 aromatic carbocycles. The van der Waals surface area contributed by atoms with E-state index in [1.807, 2.05) is 45.0 Å². The summed E-state index contributed by atoms with van der Waals surface area (Å²) >= 11 is 1.12. The Morgan fingerprint density at radius 1 is 1.10 bits per heavy atom. The van der Waals surface area contributed by atoms with E-state index in [4.69, 9.17) is 4.74 Å². The maximum Gasteiger partial charge on any atom is 0.263 e. The number of aromatic nitrogens is 2. The molecule has 3 rings (SSSR count). The number of methoxy groups -OCH3 is 1. The number of ether oxygens (including phenoxy) is 1. The van der Waals surface area contributed by atoms with Gasteiger partial charge in [-0.2, -0.15) is 0 Å². The molecule has 0 bridgehead atoms. The average Bonchev–Trinajstić information content (AvgIpc) is 3.15. The van der Waals surface area contributed by atoms with Gasteiger partial charge in [0.25, 0.3) is 15.9 Å². The summed E-state index contributed by atoms with van der Waals surface area (Å²) in [6, 6.07) is 11.7. The second-order valence-electron chi connectivity index (χ2n) is 6.87. The molecule has 10 heteroatoms. The minimum atomic E-state index is -3.98. The molecule has 158 valence electrons. The molecule has 0 aliphatic carbocycles. The van der Waals surface area contributed by atoms with E-state index in [0.717, 1.165) is 22.5 Å². The fraction of sp³-hybridized carbons (Fsp3) is 0.250. The molecule has 2 N–H and O–H groups in total. The molecule has 0 aliphatic heterocycles. The van der Waals surface area contributed by atoms with Crippen molar-refractivity contribution in [2.75, 3.05) is 11.8 Å². The number of anilines is 1. The first-order valence-electron chi connectivity index (χ1n) is 9.12. The highest BCUT2D eigenvalue weighted by atomic mass is 32.2. The number of sulfonamides is 1. The minimum Gasteiger partial charge on any atom is -0.496 e. The number of nitrogens with one attached hydrogen (secondary N) is 2. The topological polar surface area (TPSA) is 110 Å². The first-order valence-corrected chi connectivity index (χ1v) is 11.4. The predicted molar refractivity (Wildman–Crippen MR) is 116 cm³/mol. The Morgan fingerprint density at radius 3 is 2.43 bits per heavy atom. The van der Waals surface area contributed by atoms with E-state index in [9.17, 15) is 13.2 Å². The van der Waals surface area contributed by atoms with Gasteiger partial charge >= 0.3 is 0 Å². The van der Waals surface area contributed by atoms with Crippen LogP contribution in [0.5, 0.6) is 5.75 Å². The summed E-state index contributed by atoms with van der Waals surface area (Å²) in [5.74, 6) is -0.138. The number of nitrogens with zero attached hydrogens (tertiary/aromatic N) is 2. The van der Waals surface area contributed by atoms with Gasteiger partial charge in [0.1, 0.15) is 10.8 Å². The number of aryl methyl sites for hydroxylation is 1. The second-order valence-corrected chi connectivity index (χ2v) is 9.53. The van der Waals surface area contributed by atoms with Crippen LogP contribution in [-0.4, -0.2) is 37.7 Å². The Balaban J connectivity index is 1.87. The van der Waals surface area contributed by atoms with Gasteiger partial charge in [-0.25, -0.2) is 8.42 Å². The van der Waals surface area contributed by atoms with Crippen LogP contribution in [0.25, 0.3) is 10.6 Å². The molecule has 30 heavy (non-hydrogen) atoms. The third kappa shape index (κ3) is 4.95. The zero-order valence-electron chi connectivity index (χ0n) is 17.0. The zero-order valence-corrected chi connectivity index (χ0v) is 18.6.